The van der Waals surface area contributed by atoms with E-state index in [2.05, 4.69) is 0 Å². The molecule has 4 rings (SSSR count). The zero-order valence-corrected chi connectivity index (χ0v) is 15.5. The Morgan fingerprint density at radius 2 is 1.89 bits per heavy atom. The normalized spacial score (nSPS) is 14.1. The lowest BCUT2D eigenvalue weighted by Gasteiger charge is -2.31. The van der Waals surface area contributed by atoms with E-state index in [0.29, 0.717) is 24.6 Å². The minimum Gasteiger partial charge on any atom is -0.473 e. The van der Waals surface area contributed by atoms with Gasteiger partial charge in [-0.25, -0.2) is 18.4 Å². The van der Waals surface area contributed by atoms with Gasteiger partial charge in [-0.15, -0.1) is 0 Å². The number of hydrogen-bond acceptors (Lipinski definition) is 6. The number of nitrogens with two attached hydrogens (primary N) is 1. The molecule has 0 saturated heterocycles. The van der Waals surface area contributed by atoms with Crippen molar-refractivity contribution in [2.75, 3.05) is 11.6 Å². The van der Waals surface area contributed by atoms with Crippen molar-refractivity contribution in [1.82, 2.24) is 0 Å². The van der Waals surface area contributed by atoms with Gasteiger partial charge in [0.2, 0.25) is 10.0 Å². The summed E-state index contributed by atoms with van der Waals surface area (Å²) in [5, 5.41) is 6.04. The number of sulfonamides is 1. The average molecular weight is 386 g/mol. The summed E-state index contributed by atoms with van der Waals surface area (Å²) < 4.78 is 34.2. The molecule has 0 radical (unpaired) electrons. The van der Waals surface area contributed by atoms with Crippen molar-refractivity contribution in [2.45, 2.75) is 24.8 Å². The van der Waals surface area contributed by atoms with Gasteiger partial charge in [0.25, 0.3) is 0 Å². The smallest absolute Gasteiger partial charge is 0.336 e. The van der Waals surface area contributed by atoms with Gasteiger partial charge < -0.3 is 14.1 Å². The van der Waals surface area contributed by atoms with Crippen molar-refractivity contribution >= 4 is 26.7 Å². The summed E-state index contributed by atoms with van der Waals surface area (Å²) in [7, 11) is -3.74. The van der Waals surface area contributed by atoms with Crippen LogP contribution in [0.1, 0.15) is 18.1 Å². The van der Waals surface area contributed by atoms with Crippen molar-refractivity contribution in [2.24, 2.45) is 5.14 Å². The van der Waals surface area contributed by atoms with E-state index in [4.69, 9.17) is 14.3 Å². The molecule has 7 nitrogen and oxygen atoms in total. The maximum absolute atomic E-state index is 11.9. The second-order valence-corrected chi connectivity index (χ2v) is 7.93. The molecule has 0 unspecified atom stereocenters. The van der Waals surface area contributed by atoms with Crippen LogP contribution in [-0.2, 0) is 23.0 Å². The lowest BCUT2D eigenvalue weighted by atomic mass is 10.0. The van der Waals surface area contributed by atoms with Crippen LogP contribution in [0.3, 0.4) is 0 Å². The topological polar surface area (TPSA) is 103 Å². The molecule has 8 heteroatoms. The van der Waals surface area contributed by atoms with Gasteiger partial charge in [0.1, 0.15) is 11.3 Å². The highest BCUT2D eigenvalue weighted by Gasteiger charge is 2.23. The highest BCUT2D eigenvalue weighted by atomic mass is 32.2. The van der Waals surface area contributed by atoms with Gasteiger partial charge in [0.05, 0.1) is 17.0 Å². The molecule has 0 bridgehead atoms. The van der Waals surface area contributed by atoms with Crippen molar-refractivity contribution in [3.05, 3.63) is 64.0 Å². The van der Waals surface area contributed by atoms with Gasteiger partial charge in [0.15, 0.2) is 6.73 Å². The van der Waals surface area contributed by atoms with E-state index >= 15 is 0 Å². The lowest BCUT2D eigenvalue weighted by molar-refractivity contribution is 0.289. The highest BCUT2D eigenvalue weighted by Crippen LogP contribution is 2.34. The van der Waals surface area contributed by atoms with Crippen molar-refractivity contribution in [1.29, 1.82) is 0 Å². The summed E-state index contributed by atoms with van der Waals surface area (Å²) >= 11 is 0. The minimum atomic E-state index is -3.74. The zero-order valence-electron chi connectivity index (χ0n) is 14.6. The van der Waals surface area contributed by atoms with Crippen molar-refractivity contribution in [3.8, 4) is 5.75 Å². The maximum Gasteiger partial charge on any atom is 0.336 e. The van der Waals surface area contributed by atoms with Crippen molar-refractivity contribution < 1.29 is 17.6 Å². The molecule has 0 amide bonds. The summed E-state index contributed by atoms with van der Waals surface area (Å²) in [6.45, 7) is 2.76. The predicted octanol–water partition coefficient (Wildman–Crippen LogP) is 2.36. The maximum atomic E-state index is 11.9. The number of primary sulfonamides is 1. The van der Waals surface area contributed by atoms with Crippen LogP contribution in [0.25, 0.3) is 11.0 Å². The third kappa shape index (κ3) is 3.17. The first-order chi connectivity index (χ1) is 12.9. The molecule has 3 aromatic rings. The number of hydrogen-bond donors (Lipinski definition) is 1. The second-order valence-electron chi connectivity index (χ2n) is 6.37. The molecule has 0 fully saturated rings. The Morgan fingerprint density at radius 3 is 2.56 bits per heavy atom. The quantitative estimate of drug-likeness (QED) is 0.693. The molecule has 0 atom stereocenters. The molecule has 0 aliphatic carbocycles. The Bertz CT molecular complexity index is 1180. The van der Waals surface area contributed by atoms with Crippen LogP contribution in [0.15, 0.2) is 56.6 Å². The Kier molecular flexibility index (Phi) is 4.16. The van der Waals surface area contributed by atoms with Gasteiger partial charge in [-0.1, -0.05) is 6.92 Å². The number of rotatable bonds is 3. The monoisotopic (exact) mass is 386 g/mol. The number of ether oxygens (including phenoxy) is 1. The molecular weight excluding hydrogens is 368 g/mol. The highest BCUT2D eigenvalue weighted by molar-refractivity contribution is 7.89. The fraction of sp³-hybridized carbons (Fsp3) is 0.211. The summed E-state index contributed by atoms with van der Waals surface area (Å²) in [5.41, 5.74) is 2.64. The molecule has 2 aromatic carbocycles. The first kappa shape index (κ1) is 17.6. The van der Waals surface area contributed by atoms with E-state index in [1.54, 1.807) is 12.1 Å². The zero-order chi connectivity index (χ0) is 19.2. The molecule has 2 heterocycles. The van der Waals surface area contributed by atoms with Crippen LogP contribution >= 0.6 is 0 Å². The standard InChI is InChI=1S/C19H18N2O5S/c1-2-12-9-18(22)26-19-15(12)7-8-17-16(19)10-21(11-25-17)13-3-5-14(6-4-13)27(20,23)24/h3-9H,2,10-11H2,1H3,(H2,20,23,24). The second kappa shape index (κ2) is 6.40. The summed E-state index contributed by atoms with van der Waals surface area (Å²) in [5.74, 6) is 0.677. The Hall–Kier alpha value is -2.84. The minimum absolute atomic E-state index is 0.0496. The number of aryl methyl sites for hydroxylation is 1. The molecule has 1 aliphatic rings. The van der Waals surface area contributed by atoms with Crippen LogP contribution in [0.2, 0.25) is 0 Å². The van der Waals surface area contributed by atoms with Crippen molar-refractivity contribution in [3.63, 3.8) is 0 Å². The van der Waals surface area contributed by atoms with Crippen LogP contribution in [0, 0.1) is 0 Å². The molecule has 27 heavy (non-hydrogen) atoms. The van der Waals surface area contributed by atoms with Gasteiger partial charge in [0, 0.05) is 17.1 Å². The third-order valence-corrected chi connectivity index (χ3v) is 5.62. The van der Waals surface area contributed by atoms with Gasteiger partial charge >= 0.3 is 5.63 Å². The predicted molar refractivity (Wildman–Crippen MR) is 101 cm³/mol. The number of anilines is 1. The van der Waals surface area contributed by atoms with Crippen LogP contribution in [0.4, 0.5) is 5.69 Å². The average Bonchev–Trinajstić information content (AvgIpc) is 2.66. The Morgan fingerprint density at radius 1 is 1.15 bits per heavy atom. The van der Waals surface area contributed by atoms with Crippen LogP contribution in [0.5, 0.6) is 5.75 Å². The number of nitrogens with zero attached hydrogens (tertiary/aromatic N) is 1. The number of fused-ring (bicyclic) bond motifs is 3. The fourth-order valence-corrected chi connectivity index (χ4v) is 3.82. The largest absolute Gasteiger partial charge is 0.473 e. The van der Waals surface area contributed by atoms with E-state index in [9.17, 15) is 13.2 Å². The molecular formula is C19H18N2O5S. The first-order valence-electron chi connectivity index (χ1n) is 8.46. The summed E-state index contributed by atoms with van der Waals surface area (Å²) in [6.07, 6.45) is 0.723. The number of benzene rings is 2. The van der Waals surface area contributed by atoms with Crippen LogP contribution < -0.4 is 20.4 Å². The molecule has 2 N–H and O–H groups in total. The Balaban J connectivity index is 1.76. The fourth-order valence-electron chi connectivity index (χ4n) is 3.30. The van der Waals surface area contributed by atoms with E-state index < -0.39 is 10.0 Å². The molecule has 1 aliphatic heterocycles. The van der Waals surface area contributed by atoms with E-state index in [1.807, 2.05) is 24.0 Å². The molecule has 1 aromatic heterocycles. The summed E-state index contributed by atoms with van der Waals surface area (Å²) in [4.78, 5) is 13.9. The van der Waals surface area contributed by atoms with E-state index in [1.165, 1.54) is 18.2 Å². The van der Waals surface area contributed by atoms with E-state index in [0.717, 1.165) is 28.6 Å². The van der Waals surface area contributed by atoms with Crippen LogP contribution in [-0.4, -0.2) is 15.1 Å². The first-order valence-corrected chi connectivity index (χ1v) is 10.0. The van der Waals surface area contributed by atoms with Gasteiger partial charge in [-0.3, -0.25) is 0 Å². The molecule has 0 saturated carbocycles. The Labute approximate surface area is 156 Å². The van der Waals surface area contributed by atoms with Gasteiger partial charge in [-0.05, 0) is 48.4 Å². The SMILES string of the molecule is CCc1cc(=O)oc2c3c(ccc12)OCN(c1ccc(S(N)(=O)=O)cc1)C3. The lowest BCUT2D eigenvalue weighted by Crippen LogP contribution is -2.32. The summed E-state index contributed by atoms with van der Waals surface area (Å²) in [6, 6.07) is 11.6. The van der Waals surface area contributed by atoms with E-state index in [-0.39, 0.29) is 10.5 Å². The third-order valence-electron chi connectivity index (χ3n) is 4.69. The van der Waals surface area contributed by atoms with Gasteiger partial charge in [-0.2, -0.15) is 0 Å². The molecule has 0 spiro atoms. The molecule has 140 valence electrons.